The molecule has 0 spiro atoms. The number of halogens is 1. The fraction of sp³-hybridized carbons (Fsp3) is 0. The van der Waals surface area contributed by atoms with Crippen molar-refractivity contribution in [2.45, 2.75) is 0 Å². The van der Waals surface area contributed by atoms with E-state index in [0.717, 1.165) is 16.7 Å². The molecule has 112 valence electrons. The van der Waals surface area contributed by atoms with E-state index in [0.29, 0.717) is 5.75 Å². The van der Waals surface area contributed by atoms with Gasteiger partial charge in [0.1, 0.15) is 12.1 Å². The van der Waals surface area contributed by atoms with E-state index in [1.165, 1.54) is 12.4 Å². The lowest BCUT2D eigenvalue weighted by molar-refractivity contribution is 0.460. The normalized spacial score (nSPS) is 10.8. The van der Waals surface area contributed by atoms with Crippen LogP contribution in [0, 0.1) is 0 Å². The number of hydrogen-bond donors (Lipinski definition) is 0. The third kappa shape index (κ3) is 2.62. The highest BCUT2D eigenvalue weighted by molar-refractivity contribution is 6.30. The van der Waals surface area contributed by atoms with Gasteiger partial charge in [-0.05, 0) is 36.4 Å². The van der Waals surface area contributed by atoms with Crippen molar-refractivity contribution in [1.29, 1.82) is 0 Å². The summed E-state index contributed by atoms with van der Waals surface area (Å²) < 4.78 is 7.66. The molecular formula is C17H11ClN4O. The number of para-hydroxylation sites is 2. The number of benzene rings is 2. The molecule has 5 nitrogen and oxygen atoms in total. The molecule has 0 bridgehead atoms. The zero-order valence-electron chi connectivity index (χ0n) is 11.9. The SMILES string of the molecule is Clc1nccnc1Oc1ccc(-n2cnc3ccccc32)cc1. The molecule has 2 aromatic heterocycles. The van der Waals surface area contributed by atoms with Crippen molar-refractivity contribution < 1.29 is 4.74 Å². The minimum atomic E-state index is 0.234. The summed E-state index contributed by atoms with van der Waals surface area (Å²) in [5.41, 5.74) is 3.01. The van der Waals surface area contributed by atoms with Crippen LogP contribution in [-0.2, 0) is 0 Å². The van der Waals surface area contributed by atoms with E-state index >= 15 is 0 Å². The van der Waals surface area contributed by atoms with Crippen molar-refractivity contribution in [3.63, 3.8) is 0 Å². The van der Waals surface area contributed by atoms with E-state index in [-0.39, 0.29) is 11.0 Å². The van der Waals surface area contributed by atoms with E-state index in [1.54, 1.807) is 6.33 Å². The van der Waals surface area contributed by atoms with Gasteiger partial charge in [-0.2, -0.15) is 0 Å². The molecule has 4 rings (SSSR count). The molecule has 0 N–H and O–H groups in total. The Bertz CT molecular complexity index is 966. The predicted molar refractivity (Wildman–Crippen MR) is 88.2 cm³/mol. The second-order valence-electron chi connectivity index (χ2n) is 4.85. The number of fused-ring (bicyclic) bond motifs is 1. The molecule has 2 aromatic carbocycles. The minimum absolute atomic E-state index is 0.234. The van der Waals surface area contributed by atoms with Gasteiger partial charge in [0, 0.05) is 18.1 Å². The first-order valence-electron chi connectivity index (χ1n) is 6.98. The Morgan fingerprint density at radius 1 is 0.870 bits per heavy atom. The standard InChI is InChI=1S/C17H11ClN4O/c18-16-17(20-10-9-19-16)23-13-7-5-12(6-8-13)22-11-21-14-3-1-2-4-15(14)22/h1-11H. The summed E-state index contributed by atoms with van der Waals surface area (Å²) in [4.78, 5) is 12.4. The Hall–Kier alpha value is -2.92. The van der Waals surface area contributed by atoms with Crippen molar-refractivity contribution in [3.8, 4) is 17.3 Å². The molecule has 0 aliphatic rings. The second-order valence-corrected chi connectivity index (χ2v) is 5.21. The van der Waals surface area contributed by atoms with Gasteiger partial charge in [-0.15, -0.1) is 0 Å². The Balaban J connectivity index is 1.65. The van der Waals surface area contributed by atoms with E-state index in [1.807, 2.05) is 53.1 Å². The summed E-state index contributed by atoms with van der Waals surface area (Å²) >= 11 is 5.94. The lowest BCUT2D eigenvalue weighted by Gasteiger charge is -2.08. The van der Waals surface area contributed by atoms with Gasteiger partial charge in [0.25, 0.3) is 5.88 Å². The first kappa shape index (κ1) is 13.7. The highest BCUT2D eigenvalue weighted by Gasteiger charge is 2.07. The van der Waals surface area contributed by atoms with E-state index < -0.39 is 0 Å². The molecule has 0 saturated carbocycles. The highest BCUT2D eigenvalue weighted by atomic mass is 35.5. The van der Waals surface area contributed by atoms with Crippen LogP contribution in [-0.4, -0.2) is 19.5 Å². The second kappa shape index (κ2) is 5.70. The van der Waals surface area contributed by atoms with Gasteiger partial charge in [0.05, 0.1) is 11.0 Å². The molecule has 0 atom stereocenters. The highest BCUT2D eigenvalue weighted by Crippen LogP contribution is 2.26. The number of nitrogens with zero attached hydrogens (tertiary/aromatic N) is 4. The van der Waals surface area contributed by atoms with Crippen molar-refractivity contribution in [2.75, 3.05) is 0 Å². The summed E-state index contributed by atoms with van der Waals surface area (Å²) in [6, 6.07) is 15.6. The number of aromatic nitrogens is 4. The quantitative estimate of drug-likeness (QED) is 0.565. The summed E-state index contributed by atoms with van der Waals surface area (Å²) in [7, 11) is 0. The Kier molecular flexibility index (Phi) is 3.40. The van der Waals surface area contributed by atoms with Crippen LogP contribution < -0.4 is 4.74 Å². The lowest BCUT2D eigenvalue weighted by atomic mass is 10.2. The van der Waals surface area contributed by atoms with Crippen LogP contribution in [0.5, 0.6) is 11.6 Å². The maximum atomic E-state index is 5.94. The fourth-order valence-corrected chi connectivity index (χ4v) is 2.47. The molecular weight excluding hydrogens is 312 g/mol. The molecule has 0 aliphatic heterocycles. The third-order valence-corrected chi connectivity index (χ3v) is 3.67. The van der Waals surface area contributed by atoms with Gasteiger partial charge in [-0.3, -0.25) is 4.57 Å². The molecule has 0 radical (unpaired) electrons. The first-order valence-corrected chi connectivity index (χ1v) is 7.36. The maximum Gasteiger partial charge on any atom is 0.257 e. The van der Waals surface area contributed by atoms with E-state index in [2.05, 4.69) is 15.0 Å². The Morgan fingerprint density at radius 2 is 1.65 bits per heavy atom. The summed E-state index contributed by atoms with van der Waals surface area (Å²) in [5, 5.41) is 0.234. The Morgan fingerprint density at radius 3 is 2.48 bits per heavy atom. The van der Waals surface area contributed by atoms with Crippen molar-refractivity contribution in [2.24, 2.45) is 0 Å². The maximum absolute atomic E-state index is 5.94. The van der Waals surface area contributed by atoms with Crippen LogP contribution in [0.15, 0.2) is 67.3 Å². The van der Waals surface area contributed by atoms with Gasteiger partial charge in [0.15, 0.2) is 5.15 Å². The third-order valence-electron chi connectivity index (χ3n) is 3.41. The average molecular weight is 323 g/mol. The van der Waals surface area contributed by atoms with Crippen LogP contribution in [0.4, 0.5) is 0 Å². The predicted octanol–water partition coefficient (Wildman–Crippen LogP) is 4.26. The summed E-state index contributed by atoms with van der Waals surface area (Å²) in [6.07, 6.45) is 4.86. The van der Waals surface area contributed by atoms with E-state index in [9.17, 15) is 0 Å². The lowest BCUT2D eigenvalue weighted by Crippen LogP contribution is -1.93. The van der Waals surface area contributed by atoms with Crippen LogP contribution in [0.25, 0.3) is 16.7 Å². The zero-order valence-corrected chi connectivity index (χ0v) is 12.7. The number of ether oxygens (including phenoxy) is 1. The molecule has 6 heteroatoms. The molecule has 0 aliphatic carbocycles. The molecule has 4 aromatic rings. The topological polar surface area (TPSA) is 52.8 Å². The first-order chi connectivity index (χ1) is 11.3. The van der Waals surface area contributed by atoms with E-state index in [4.69, 9.17) is 16.3 Å². The molecule has 0 fully saturated rings. The van der Waals surface area contributed by atoms with Crippen LogP contribution in [0.3, 0.4) is 0 Å². The average Bonchev–Trinajstić information content (AvgIpc) is 3.02. The summed E-state index contributed by atoms with van der Waals surface area (Å²) in [6.45, 7) is 0. The number of imidazole rings is 1. The zero-order chi connectivity index (χ0) is 15.6. The smallest absolute Gasteiger partial charge is 0.257 e. The van der Waals surface area contributed by atoms with Crippen molar-refractivity contribution >= 4 is 22.6 Å². The Labute approximate surface area is 137 Å². The van der Waals surface area contributed by atoms with Crippen LogP contribution >= 0.6 is 11.6 Å². The van der Waals surface area contributed by atoms with Crippen molar-refractivity contribution in [3.05, 3.63) is 72.4 Å². The molecule has 0 saturated heterocycles. The van der Waals surface area contributed by atoms with Gasteiger partial charge in [0.2, 0.25) is 0 Å². The van der Waals surface area contributed by atoms with Crippen molar-refractivity contribution in [1.82, 2.24) is 19.5 Å². The number of hydrogen-bond acceptors (Lipinski definition) is 4. The largest absolute Gasteiger partial charge is 0.436 e. The van der Waals surface area contributed by atoms with Gasteiger partial charge in [-0.25, -0.2) is 15.0 Å². The fourth-order valence-electron chi connectivity index (χ4n) is 2.33. The van der Waals surface area contributed by atoms with Gasteiger partial charge in [-0.1, -0.05) is 23.7 Å². The molecule has 23 heavy (non-hydrogen) atoms. The number of rotatable bonds is 3. The van der Waals surface area contributed by atoms with Crippen LogP contribution in [0.2, 0.25) is 5.15 Å². The monoisotopic (exact) mass is 322 g/mol. The van der Waals surface area contributed by atoms with Gasteiger partial charge < -0.3 is 4.74 Å². The molecule has 0 unspecified atom stereocenters. The molecule has 0 amide bonds. The molecule has 2 heterocycles. The van der Waals surface area contributed by atoms with Gasteiger partial charge >= 0.3 is 0 Å². The van der Waals surface area contributed by atoms with Crippen LogP contribution in [0.1, 0.15) is 0 Å². The minimum Gasteiger partial charge on any atom is -0.436 e. The summed E-state index contributed by atoms with van der Waals surface area (Å²) in [5.74, 6) is 0.926.